The maximum Gasteiger partial charge on any atom is 0.407 e. The fourth-order valence-corrected chi connectivity index (χ4v) is 4.73. The van der Waals surface area contributed by atoms with Crippen molar-refractivity contribution in [2.75, 3.05) is 5.32 Å². The van der Waals surface area contributed by atoms with E-state index >= 15 is 0 Å². The second-order valence-corrected chi connectivity index (χ2v) is 8.42. The van der Waals surface area contributed by atoms with Crippen LogP contribution in [0.4, 0.5) is 9.80 Å². The number of hydrogen-bond donors (Lipinski definition) is 2. The highest BCUT2D eigenvalue weighted by Crippen LogP contribution is 2.38. The molecule has 3 aromatic heterocycles. The smallest absolute Gasteiger partial charge is 0.407 e. The van der Waals surface area contributed by atoms with Crippen molar-refractivity contribution in [1.82, 2.24) is 14.9 Å². The van der Waals surface area contributed by atoms with Crippen LogP contribution >= 0.6 is 11.3 Å². The number of nitrogens with zero attached hydrogens (tertiary/aromatic N) is 3. The first-order valence-electron chi connectivity index (χ1n) is 9.99. The Morgan fingerprint density at radius 2 is 2.38 bits per heavy atom. The van der Waals surface area contributed by atoms with E-state index in [2.05, 4.69) is 21.7 Å². The minimum atomic E-state index is -0.491. The maximum absolute atomic E-state index is 12.3. The molecule has 9 nitrogen and oxygen atoms in total. The van der Waals surface area contributed by atoms with Crippen LogP contribution in [0.2, 0.25) is 0 Å². The van der Waals surface area contributed by atoms with Gasteiger partial charge in [-0.3, -0.25) is 4.79 Å². The second kappa shape index (κ2) is 9.53. The van der Waals surface area contributed by atoms with Crippen LogP contribution in [-0.2, 0) is 36.0 Å². The SMILES string of the molecule is Cn1cncc1CNC(=O)OC1CCc2c(sc(NC(=O)C=Cc3ccoc3)c2C#N)C1. The molecule has 2 N–H and O–H groups in total. The molecule has 4 rings (SSSR count). The van der Waals surface area contributed by atoms with Crippen molar-refractivity contribution in [3.8, 4) is 6.07 Å². The largest absolute Gasteiger partial charge is 0.472 e. The number of aromatic nitrogens is 2. The zero-order valence-electron chi connectivity index (χ0n) is 17.3. The summed E-state index contributed by atoms with van der Waals surface area (Å²) in [5.74, 6) is -0.330. The molecule has 32 heavy (non-hydrogen) atoms. The fraction of sp³-hybridized carbons (Fsp3) is 0.273. The highest BCUT2D eigenvalue weighted by atomic mass is 32.1. The van der Waals surface area contributed by atoms with Crippen LogP contribution in [-0.4, -0.2) is 27.7 Å². The molecule has 3 heterocycles. The Morgan fingerprint density at radius 1 is 1.50 bits per heavy atom. The topological polar surface area (TPSA) is 122 Å². The molecular formula is C22H21N5O4S. The molecule has 0 radical (unpaired) electrons. The lowest BCUT2D eigenvalue weighted by molar-refractivity contribution is -0.111. The van der Waals surface area contributed by atoms with Crippen LogP contribution in [0.15, 0.2) is 41.6 Å². The highest BCUT2D eigenvalue weighted by molar-refractivity contribution is 7.16. The average Bonchev–Trinajstić information content (AvgIpc) is 3.50. The van der Waals surface area contributed by atoms with E-state index in [1.54, 1.807) is 24.7 Å². The summed E-state index contributed by atoms with van der Waals surface area (Å²) in [6, 6.07) is 3.94. The lowest BCUT2D eigenvalue weighted by Gasteiger charge is -2.22. The molecular weight excluding hydrogens is 430 g/mol. The molecule has 0 fully saturated rings. The summed E-state index contributed by atoms with van der Waals surface area (Å²) in [4.78, 5) is 29.4. The summed E-state index contributed by atoms with van der Waals surface area (Å²) in [5, 5.41) is 15.7. The van der Waals surface area contributed by atoms with Crippen LogP contribution in [0.5, 0.6) is 0 Å². The van der Waals surface area contributed by atoms with Gasteiger partial charge in [-0.25, -0.2) is 9.78 Å². The van der Waals surface area contributed by atoms with Crippen molar-refractivity contribution in [3.05, 3.63) is 64.5 Å². The van der Waals surface area contributed by atoms with Crippen molar-refractivity contribution < 1.29 is 18.7 Å². The Labute approximate surface area is 188 Å². The van der Waals surface area contributed by atoms with Gasteiger partial charge in [-0.15, -0.1) is 11.3 Å². The van der Waals surface area contributed by atoms with Gasteiger partial charge < -0.3 is 24.4 Å². The monoisotopic (exact) mass is 451 g/mol. The third-order valence-corrected chi connectivity index (χ3v) is 6.31. The number of ether oxygens (including phenoxy) is 1. The number of nitrogens with one attached hydrogen (secondary N) is 2. The molecule has 3 aromatic rings. The molecule has 2 amide bonds. The summed E-state index contributed by atoms with van der Waals surface area (Å²) in [5.41, 5.74) is 3.04. The number of furan rings is 1. The van der Waals surface area contributed by atoms with E-state index in [1.807, 2.05) is 11.6 Å². The Hall–Kier alpha value is -3.84. The predicted octanol–water partition coefficient (Wildman–Crippen LogP) is 3.38. The van der Waals surface area contributed by atoms with Crippen molar-refractivity contribution >= 4 is 34.4 Å². The van der Waals surface area contributed by atoms with E-state index in [0.29, 0.717) is 36.4 Å². The summed E-state index contributed by atoms with van der Waals surface area (Å²) < 4.78 is 12.4. The minimum Gasteiger partial charge on any atom is -0.472 e. The Kier molecular flexibility index (Phi) is 6.37. The number of rotatable bonds is 6. The number of imidazole rings is 1. The molecule has 1 aliphatic rings. The first kappa shape index (κ1) is 21.4. The van der Waals surface area contributed by atoms with Crippen molar-refractivity contribution in [2.45, 2.75) is 31.9 Å². The van der Waals surface area contributed by atoms with Gasteiger partial charge in [-0.05, 0) is 30.5 Å². The molecule has 0 saturated heterocycles. The standard InChI is InChI=1S/C22H21N5O4S/c1-27-13-24-10-15(27)11-25-22(29)31-16-3-4-17-18(9-23)21(32-19(17)8-16)26-20(28)5-2-14-6-7-30-12-14/h2,5-7,10,12-13,16H,3-4,8,11H2,1H3,(H,25,29)(H,26,28). The highest BCUT2D eigenvalue weighted by Gasteiger charge is 2.28. The van der Waals surface area contributed by atoms with Crippen LogP contribution in [0.25, 0.3) is 6.08 Å². The molecule has 1 aliphatic carbocycles. The maximum atomic E-state index is 12.3. The number of carbonyl (C=O) groups is 2. The number of aryl methyl sites for hydroxylation is 1. The minimum absolute atomic E-state index is 0.288. The zero-order chi connectivity index (χ0) is 22.5. The van der Waals surface area contributed by atoms with Crippen LogP contribution in [0, 0.1) is 11.3 Å². The first-order valence-corrected chi connectivity index (χ1v) is 10.8. The second-order valence-electron chi connectivity index (χ2n) is 7.32. The number of fused-ring (bicyclic) bond motifs is 1. The summed E-state index contributed by atoms with van der Waals surface area (Å²) >= 11 is 1.35. The van der Waals surface area contributed by atoms with E-state index in [1.165, 1.54) is 29.9 Å². The number of amides is 2. The van der Waals surface area contributed by atoms with Crippen molar-refractivity contribution in [3.63, 3.8) is 0 Å². The quantitative estimate of drug-likeness (QED) is 0.554. The third kappa shape index (κ3) is 4.90. The first-order chi connectivity index (χ1) is 15.5. The van der Waals surface area contributed by atoms with Gasteiger partial charge in [0.2, 0.25) is 5.91 Å². The molecule has 0 aliphatic heterocycles. The third-order valence-electron chi connectivity index (χ3n) is 5.14. The summed E-state index contributed by atoms with van der Waals surface area (Å²) in [6.45, 7) is 0.327. The average molecular weight is 452 g/mol. The van der Waals surface area contributed by atoms with Gasteiger partial charge in [-0.2, -0.15) is 5.26 Å². The van der Waals surface area contributed by atoms with Crippen LogP contribution in [0.1, 0.15) is 33.7 Å². The molecule has 1 atom stereocenters. The predicted molar refractivity (Wildman–Crippen MR) is 118 cm³/mol. The lowest BCUT2D eigenvalue weighted by Crippen LogP contribution is -2.32. The van der Waals surface area contributed by atoms with E-state index in [0.717, 1.165) is 21.7 Å². The Bertz CT molecular complexity index is 1190. The van der Waals surface area contributed by atoms with Gasteiger partial charge in [0.15, 0.2) is 0 Å². The summed E-state index contributed by atoms with van der Waals surface area (Å²) in [7, 11) is 1.85. The molecule has 0 saturated carbocycles. The Balaban J connectivity index is 1.36. The van der Waals surface area contributed by atoms with E-state index < -0.39 is 6.09 Å². The number of alkyl carbamates (subject to hydrolysis) is 1. The van der Waals surface area contributed by atoms with Gasteiger partial charge in [0.1, 0.15) is 17.2 Å². The molecule has 0 bridgehead atoms. The van der Waals surface area contributed by atoms with Crippen molar-refractivity contribution in [1.29, 1.82) is 5.26 Å². The van der Waals surface area contributed by atoms with E-state index in [9.17, 15) is 14.9 Å². The number of thiophene rings is 1. The fourth-order valence-electron chi connectivity index (χ4n) is 3.47. The number of carbonyl (C=O) groups excluding carboxylic acids is 2. The van der Waals surface area contributed by atoms with Crippen LogP contribution < -0.4 is 10.6 Å². The lowest BCUT2D eigenvalue weighted by atomic mass is 9.94. The zero-order valence-corrected chi connectivity index (χ0v) is 18.1. The molecule has 0 spiro atoms. The van der Waals surface area contributed by atoms with E-state index in [-0.39, 0.29) is 12.0 Å². The Morgan fingerprint density at radius 3 is 3.09 bits per heavy atom. The molecule has 164 valence electrons. The van der Waals surface area contributed by atoms with Gasteiger partial charge in [0.25, 0.3) is 0 Å². The number of anilines is 1. The van der Waals surface area contributed by atoms with E-state index in [4.69, 9.17) is 9.15 Å². The van der Waals surface area contributed by atoms with Gasteiger partial charge in [0, 0.05) is 36.2 Å². The molecule has 1 unspecified atom stereocenters. The van der Waals surface area contributed by atoms with Gasteiger partial charge in [0.05, 0.1) is 36.7 Å². The number of hydrogen-bond acceptors (Lipinski definition) is 7. The summed E-state index contributed by atoms with van der Waals surface area (Å²) in [6.07, 6.45) is 10.4. The molecule has 0 aromatic carbocycles. The van der Waals surface area contributed by atoms with Crippen LogP contribution in [0.3, 0.4) is 0 Å². The normalized spacial score (nSPS) is 15.2. The van der Waals surface area contributed by atoms with Crippen molar-refractivity contribution in [2.24, 2.45) is 7.05 Å². The van der Waals surface area contributed by atoms with Gasteiger partial charge >= 0.3 is 6.09 Å². The van der Waals surface area contributed by atoms with Gasteiger partial charge in [-0.1, -0.05) is 0 Å². The number of nitriles is 1. The molecule has 10 heteroatoms.